The molecule has 1 aromatic heterocycles. The van der Waals surface area contributed by atoms with Crippen molar-refractivity contribution in [3.8, 4) is 5.75 Å². The van der Waals surface area contributed by atoms with E-state index >= 15 is 0 Å². The van der Waals surface area contributed by atoms with Crippen molar-refractivity contribution in [2.24, 2.45) is 0 Å². The topological polar surface area (TPSA) is 56.3 Å². The summed E-state index contributed by atoms with van der Waals surface area (Å²) in [5, 5.41) is 0. The predicted octanol–water partition coefficient (Wildman–Crippen LogP) is 1.79. The maximum absolute atomic E-state index is 11.8. The van der Waals surface area contributed by atoms with Gasteiger partial charge in [0.05, 0.1) is 12.8 Å². The summed E-state index contributed by atoms with van der Waals surface area (Å²) in [5.41, 5.74) is 0.196. The summed E-state index contributed by atoms with van der Waals surface area (Å²) in [7, 11) is -1.89. The van der Waals surface area contributed by atoms with Crippen LogP contribution in [0.2, 0.25) is 0 Å². The highest BCUT2D eigenvalue weighted by atomic mass is 32.2. The van der Waals surface area contributed by atoms with Crippen molar-refractivity contribution in [3.63, 3.8) is 0 Å². The molecule has 0 unspecified atom stereocenters. The van der Waals surface area contributed by atoms with Gasteiger partial charge >= 0.3 is 0 Å². The predicted molar refractivity (Wildman–Crippen MR) is 62.6 cm³/mol. The summed E-state index contributed by atoms with van der Waals surface area (Å²) < 4.78 is 28.6. The Morgan fingerprint density at radius 2 is 1.88 bits per heavy atom. The molecular formula is C11H17NO3S. The SMILES string of the molecule is COc1ccnc(C(C)(C)C)c1S(C)(=O)=O. The van der Waals surface area contributed by atoms with E-state index in [4.69, 9.17) is 4.74 Å². The van der Waals surface area contributed by atoms with Crippen molar-refractivity contribution in [1.82, 2.24) is 4.98 Å². The molecular weight excluding hydrogens is 226 g/mol. The number of hydrogen-bond acceptors (Lipinski definition) is 4. The monoisotopic (exact) mass is 243 g/mol. The molecule has 0 aliphatic rings. The molecule has 4 nitrogen and oxygen atoms in total. The van der Waals surface area contributed by atoms with Gasteiger partial charge in [0, 0.05) is 17.9 Å². The summed E-state index contributed by atoms with van der Waals surface area (Å²) in [5.74, 6) is 0.349. The number of pyridine rings is 1. The highest BCUT2D eigenvalue weighted by Gasteiger charge is 2.28. The number of methoxy groups -OCH3 is 1. The third kappa shape index (κ3) is 2.52. The number of aromatic nitrogens is 1. The van der Waals surface area contributed by atoms with E-state index in [0.29, 0.717) is 11.4 Å². The number of ether oxygens (including phenoxy) is 1. The molecule has 0 radical (unpaired) electrons. The van der Waals surface area contributed by atoms with Crippen LogP contribution < -0.4 is 4.74 Å². The first kappa shape index (κ1) is 13.0. The van der Waals surface area contributed by atoms with E-state index in [9.17, 15) is 8.42 Å². The van der Waals surface area contributed by atoms with Crippen molar-refractivity contribution in [2.75, 3.05) is 13.4 Å². The summed E-state index contributed by atoms with van der Waals surface area (Å²) in [6.07, 6.45) is 2.73. The molecule has 0 spiro atoms. The molecule has 90 valence electrons. The van der Waals surface area contributed by atoms with Crippen molar-refractivity contribution in [3.05, 3.63) is 18.0 Å². The molecule has 0 aliphatic heterocycles. The maximum atomic E-state index is 11.8. The Balaban J connectivity index is 3.65. The molecule has 1 heterocycles. The van der Waals surface area contributed by atoms with E-state index in [-0.39, 0.29) is 10.3 Å². The van der Waals surface area contributed by atoms with E-state index < -0.39 is 9.84 Å². The van der Waals surface area contributed by atoms with Gasteiger partial charge in [-0.05, 0) is 6.07 Å². The molecule has 16 heavy (non-hydrogen) atoms. The normalized spacial score (nSPS) is 12.6. The van der Waals surface area contributed by atoms with E-state index in [1.165, 1.54) is 13.4 Å². The second-order valence-electron chi connectivity index (χ2n) is 4.71. The lowest BCUT2D eigenvalue weighted by molar-refractivity contribution is 0.395. The van der Waals surface area contributed by atoms with Gasteiger partial charge in [0.1, 0.15) is 10.6 Å². The third-order valence-electron chi connectivity index (χ3n) is 2.17. The lowest BCUT2D eigenvalue weighted by Crippen LogP contribution is -2.19. The fourth-order valence-corrected chi connectivity index (χ4v) is 2.71. The average molecular weight is 243 g/mol. The van der Waals surface area contributed by atoms with Crippen molar-refractivity contribution in [1.29, 1.82) is 0 Å². The van der Waals surface area contributed by atoms with Gasteiger partial charge in [-0.2, -0.15) is 0 Å². The minimum Gasteiger partial charge on any atom is -0.495 e. The molecule has 0 bridgehead atoms. The second-order valence-corrected chi connectivity index (χ2v) is 6.67. The Morgan fingerprint density at radius 3 is 2.25 bits per heavy atom. The summed E-state index contributed by atoms with van der Waals surface area (Å²) in [6.45, 7) is 5.76. The van der Waals surface area contributed by atoms with Gasteiger partial charge in [0.25, 0.3) is 0 Å². The first-order valence-corrected chi connectivity index (χ1v) is 6.80. The van der Waals surface area contributed by atoms with E-state index in [2.05, 4.69) is 4.98 Å². The van der Waals surface area contributed by atoms with Crippen LogP contribution >= 0.6 is 0 Å². The molecule has 0 saturated carbocycles. The maximum Gasteiger partial charge on any atom is 0.181 e. The lowest BCUT2D eigenvalue weighted by Gasteiger charge is -2.21. The van der Waals surface area contributed by atoms with Crippen LogP contribution in [0.25, 0.3) is 0 Å². The van der Waals surface area contributed by atoms with Gasteiger partial charge in [-0.1, -0.05) is 20.8 Å². The zero-order chi connectivity index (χ0) is 12.6. The highest BCUT2D eigenvalue weighted by Crippen LogP contribution is 2.33. The van der Waals surface area contributed by atoms with Crippen molar-refractivity contribution < 1.29 is 13.2 Å². The smallest absolute Gasteiger partial charge is 0.181 e. The zero-order valence-electron chi connectivity index (χ0n) is 10.2. The van der Waals surface area contributed by atoms with Crippen molar-refractivity contribution in [2.45, 2.75) is 31.1 Å². The van der Waals surface area contributed by atoms with Gasteiger partial charge in [-0.3, -0.25) is 4.98 Å². The minimum atomic E-state index is -3.35. The molecule has 1 rings (SSSR count). The molecule has 5 heteroatoms. The number of sulfone groups is 1. The third-order valence-corrected chi connectivity index (χ3v) is 3.31. The minimum absolute atomic E-state index is 0.185. The van der Waals surface area contributed by atoms with Crippen LogP contribution in [-0.4, -0.2) is 26.8 Å². The molecule has 0 aliphatic carbocycles. The van der Waals surface area contributed by atoms with Crippen LogP contribution in [0.5, 0.6) is 5.75 Å². The molecule has 0 atom stereocenters. The van der Waals surface area contributed by atoms with Gasteiger partial charge < -0.3 is 4.74 Å². The van der Waals surface area contributed by atoms with E-state index in [1.807, 2.05) is 20.8 Å². The Labute approximate surface area is 96.6 Å². The van der Waals surface area contributed by atoms with E-state index in [0.717, 1.165) is 0 Å². The van der Waals surface area contributed by atoms with E-state index in [1.54, 1.807) is 12.3 Å². The number of rotatable bonds is 2. The lowest BCUT2D eigenvalue weighted by atomic mass is 9.91. The summed E-state index contributed by atoms with van der Waals surface area (Å²) in [4.78, 5) is 4.35. The zero-order valence-corrected chi connectivity index (χ0v) is 11.1. The number of hydrogen-bond donors (Lipinski definition) is 0. The molecule has 1 aromatic rings. The van der Waals surface area contributed by atoms with Gasteiger partial charge in [-0.15, -0.1) is 0 Å². The molecule has 0 saturated heterocycles. The fourth-order valence-electron chi connectivity index (χ4n) is 1.48. The first-order valence-electron chi connectivity index (χ1n) is 4.91. The Hall–Kier alpha value is -1.10. The van der Waals surface area contributed by atoms with Crippen LogP contribution in [0.1, 0.15) is 26.5 Å². The summed E-state index contributed by atoms with van der Waals surface area (Å²) >= 11 is 0. The van der Waals surface area contributed by atoms with Crippen LogP contribution in [0, 0.1) is 0 Å². The molecule has 0 fully saturated rings. The molecule has 0 N–H and O–H groups in total. The molecule has 0 amide bonds. The fraction of sp³-hybridized carbons (Fsp3) is 0.545. The van der Waals surface area contributed by atoms with Crippen LogP contribution in [-0.2, 0) is 15.3 Å². The largest absolute Gasteiger partial charge is 0.495 e. The van der Waals surface area contributed by atoms with Gasteiger partial charge in [-0.25, -0.2) is 8.42 Å². The standard InChI is InChI=1S/C11H17NO3S/c1-11(2,3)10-9(16(5,13)14)8(15-4)6-7-12-10/h6-7H,1-5H3. The first-order chi connectivity index (χ1) is 7.18. The van der Waals surface area contributed by atoms with Gasteiger partial charge in [0.15, 0.2) is 9.84 Å². The van der Waals surface area contributed by atoms with Gasteiger partial charge in [0.2, 0.25) is 0 Å². The quantitative estimate of drug-likeness (QED) is 0.794. The Morgan fingerprint density at radius 1 is 1.31 bits per heavy atom. The van der Waals surface area contributed by atoms with Crippen LogP contribution in [0.15, 0.2) is 17.2 Å². The Kier molecular flexibility index (Phi) is 3.28. The molecule has 0 aromatic carbocycles. The van der Waals surface area contributed by atoms with Crippen LogP contribution in [0.4, 0.5) is 0 Å². The summed E-state index contributed by atoms with van der Waals surface area (Å²) in [6, 6.07) is 1.56. The van der Waals surface area contributed by atoms with Crippen LogP contribution in [0.3, 0.4) is 0 Å². The second kappa shape index (κ2) is 4.05. The number of nitrogens with zero attached hydrogens (tertiary/aromatic N) is 1. The average Bonchev–Trinajstić information content (AvgIpc) is 2.13. The van der Waals surface area contributed by atoms with Crippen molar-refractivity contribution >= 4 is 9.84 Å². The highest BCUT2D eigenvalue weighted by molar-refractivity contribution is 7.90. The Bertz CT molecular complexity index is 486.